The zero-order valence-corrected chi connectivity index (χ0v) is 19.0. The first-order chi connectivity index (χ1) is 14.3. The van der Waals surface area contributed by atoms with Gasteiger partial charge >= 0.3 is 0 Å². The number of nitrogens with one attached hydrogen (secondary N) is 1. The Morgan fingerprint density at radius 2 is 1.93 bits per heavy atom. The SMILES string of the molecule is Cc1cc([C@H]2[C@@H](c3ccccn3)NC(=S)N2c2cc(Cl)ccc2O)c(C)n1C(C)C. The van der Waals surface area contributed by atoms with Gasteiger partial charge in [0, 0.05) is 28.6 Å². The van der Waals surface area contributed by atoms with Crippen LogP contribution >= 0.6 is 23.8 Å². The minimum absolute atomic E-state index is 0.132. The van der Waals surface area contributed by atoms with Crippen LogP contribution in [0, 0.1) is 13.8 Å². The summed E-state index contributed by atoms with van der Waals surface area (Å²) in [5.41, 5.74) is 4.97. The van der Waals surface area contributed by atoms with E-state index in [9.17, 15) is 5.11 Å². The third kappa shape index (κ3) is 3.44. The van der Waals surface area contributed by atoms with Crippen LogP contribution in [-0.2, 0) is 0 Å². The lowest BCUT2D eigenvalue weighted by atomic mass is 9.96. The molecule has 0 saturated carbocycles. The Morgan fingerprint density at radius 1 is 1.17 bits per heavy atom. The molecule has 0 bridgehead atoms. The van der Waals surface area contributed by atoms with Crippen LogP contribution in [0.5, 0.6) is 5.75 Å². The third-order valence-electron chi connectivity index (χ3n) is 5.65. The van der Waals surface area contributed by atoms with E-state index in [4.69, 9.17) is 23.8 Å². The fourth-order valence-electron chi connectivity index (χ4n) is 4.52. The van der Waals surface area contributed by atoms with Crippen molar-refractivity contribution in [2.24, 2.45) is 0 Å². The van der Waals surface area contributed by atoms with E-state index in [1.165, 1.54) is 11.4 Å². The summed E-state index contributed by atoms with van der Waals surface area (Å²) in [7, 11) is 0. The highest BCUT2D eigenvalue weighted by molar-refractivity contribution is 7.80. The molecule has 1 aliphatic rings. The van der Waals surface area contributed by atoms with E-state index in [-0.39, 0.29) is 17.8 Å². The van der Waals surface area contributed by atoms with Gasteiger partial charge in [0.05, 0.1) is 23.5 Å². The van der Waals surface area contributed by atoms with E-state index in [1.807, 2.05) is 23.1 Å². The van der Waals surface area contributed by atoms with Gasteiger partial charge < -0.3 is 19.9 Å². The molecule has 4 rings (SSSR count). The molecule has 7 heteroatoms. The Morgan fingerprint density at radius 3 is 2.57 bits per heavy atom. The van der Waals surface area contributed by atoms with Crippen LogP contribution in [-0.4, -0.2) is 19.8 Å². The number of pyridine rings is 1. The zero-order chi connectivity index (χ0) is 21.6. The largest absolute Gasteiger partial charge is 0.506 e. The van der Waals surface area contributed by atoms with Gasteiger partial charge in [-0.25, -0.2) is 0 Å². The average molecular weight is 441 g/mol. The highest BCUT2D eigenvalue weighted by Crippen LogP contribution is 2.46. The number of aromatic nitrogens is 2. The van der Waals surface area contributed by atoms with Crippen molar-refractivity contribution in [2.75, 3.05) is 4.90 Å². The maximum Gasteiger partial charge on any atom is 0.174 e. The minimum Gasteiger partial charge on any atom is -0.506 e. The van der Waals surface area contributed by atoms with E-state index in [2.05, 4.69) is 48.6 Å². The zero-order valence-electron chi connectivity index (χ0n) is 17.4. The average Bonchev–Trinajstić information content (AvgIpc) is 3.20. The number of anilines is 1. The first-order valence-electron chi connectivity index (χ1n) is 9.97. The van der Waals surface area contributed by atoms with E-state index in [0.717, 1.165) is 11.3 Å². The molecular weight excluding hydrogens is 416 g/mol. The summed E-state index contributed by atoms with van der Waals surface area (Å²) < 4.78 is 2.32. The monoisotopic (exact) mass is 440 g/mol. The predicted octanol–water partition coefficient (Wildman–Crippen LogP) is 5.62. The highest BCUT2D eigenvalue weighted by Gasteiger charge is 2.43. The van der Waals surface area contributed by atoms with Gasteiger partial charge in [-0.3, -0.25) is 4.98 Å². The summed E-state index contributed by atoms with van der Waals surface area (Å²) in [6.45, 7) is 8.61. The molecule has 30 heavy (non-hydrogen) atoms. The topological polar surface area (TPSA) is 53.3 Å². The van der Waals surface area contributed by atoms with E-state index >= 15 is 0 Å². The van der Waals surface area contributed by atoms with Crippen LogP contribution in [0.3, 0.4) is 0 Å². The fraction of sp³-hybridized carbons (Fsp3) is 0.304. The molecule has 1 saturated heterocycles. The molecule has 5 nitrogen and oxygen atoms in total. The summed E-state index contributed by atoms with van der Waals surface area (Å²) >= 11 is 12.0. The van der Waals surface area contributed by atoms with Gasteiger partial charge in [-0.2, -0.15) is 0 Å². The number of rotatable bonds is 4. The number of hydrogen-bond acceptors (Lipinski definition) is 3. The molecule has 2 atom stereocenters. The lowest BCUT2D eigenvalue weighted by Crippen LogP contribution is -2.29. The Labute approximate surface area is 187 Å². The van der Waals surface area contributed by atoms with Crippen LogP contribution in [0.25, 0.3) is 0 Å². The Kier molecular flexibility index (Phi) is 5.47. The number of benzene rings is 1. The lowest BCUT2D eigenvalue weighted by molar-refractivity contribution is 0.472. The summed E-state index contributed by atoms with van der Waals surface area (Å²) in [5.74, 6) is 0.132. The van der Waals surface area contributed by atoms with Crippen LogP contribution in [0.15, 0.2) is 48.7 Å². The van der Waals surface area contributed by atoms with Gasteiger partial charge in [0.25, 0.3) is 0 Å². The second kappa shape index (κ2) is 7.93. The molecule has 1 fully saturated rings. The smallest absolute Gasteiger partial charge is 0.174 e. The van der Waals surface area contributed by atoms with Gasteiger partial charge in [0.15, 0.2) is 5.11 Å². The number of hydrogen-bond donors (Lipinski definition) is 2. The highest BCUT2D eigenvalue weighted by atomic mass is 35.5. The lowest BCUT2D eigenvalue weighted by Gasteiger charge is -2.29. The van der Waals surface area contributed by atoms with Crippen molar-refractivity contribution in [3.05, 3.63) is 76.3 Å². The second-order valence-electron chi connectivity index (χ2n) is 7.92. The van der Waals surface area contributed by atoms with Gasteiger partial charge in [0.2, 0.25) is 0 Å². The molecule has 0 amide bonds. The Hall–Kier alpha value is -2.57. The predicted molar refractivity (Wildman–Crippen MR) is 125 cm³/mol. The van der Waals surface area contributed by atoms with Crippen LogP contribution in [0.2, 0.25) is 5.02 Å². The molecule has 2 aromatic heterocycles. The van der Waals surface area contributed by atoms with Crippen molar-refractivity contribution in [3.63, 3.8) is 0 Å². The summed E-state index contributed by atoms with van der Waals surface area (Å²) in [4.78, 5) is 6.55. The standard InChI is InChI=1S/C23H25ClN4OS/c1-13(2)27-14(3)11-17(15(27)4)22-21(18-7-5-6-10-25-18)26-23(30)28(22)19-12-16(24)8-9-20(19)29/h5-13,21-22,29H,1-4H3,(H,26,30)/t21-,22+/m1/s1. The molecule has 0 aliphatic carbocycles. The van der Waals surface area contributed by atoms with Crippen molar-refractivity contribution in [1.29, 1.82) is 0 Å². The van der Waals surface area contributed by atoms with Crippen LogP contribution in [0.4, 0.5) is 5.69 Å². The molecule has 1 aliphatic heterocycles. The third-order valence-corrected chi connectivity index (χ3v) is 6.20. The minimum atomic E-state index is -0.185. The normalized spacial score (nSPS) is 18.9. The van der Waals surface area contributed by atoms with Crippen molar-refractivity contribution in [2.45, 2.75) is 45.8 Å². The number of nitrogens with zero attached hydrogens (tertiary/aromatic N) is 3. The number of phenolic OH excluding ortho intramolecular Hbond substituents is 1. The van der Waals surface area contributed by atoms with Crippen LogP contribution < -0.4 is 10.2 Å². The van der Waals surface area contributed by atoms with Crippen molar-refractivity contribution >= 4 is 34.6 Å². The quantitative estimate of drug-likeness (QED) is 0.516. The fourth-order valence-corrected chi connectivity index (χ4v) is 5.02. The molecule has 156 valence electrons. The first kappa shape index (κ1) is 20.7. The van der Waals surface area contributed by atoms with Gasteiger partial charge in [-0.05, 0) is 81.9 Å². The number of halogens is 1. The second-order valence-corrected chi connectivity index (χ2v) is 8.74. The maximum absolute atomic E-state index is 10.6. The van der Waals surface area contributed by atoms with Crippen LogP contribution in [0.1, 0.15) is 54.6 Å². The first-order valence-corrected chi connectivity index (χ1v) is 10.8. The van der Waals surface area contributed by atoms with E-state index in [0.29, 0.717) is 21.9 Å². The molecule has 0 radical (unpaired) electrons. The van der Waals surface area contributed by atoms with Crippen molar-refractivity contribution in [3.8, 4) is 5.75 Å². The molecule has 0 unspecified atom stereocenters. The van der Waals surface area contributed by atoms with Gasteiger partial charge in [-0.15, -0.1) is 0 Å². The summed E-state index contributed by atoms with van der Waals surface area (Å²) in [6.07, 6.45) is 1.79. The molecule has 3 heterocycles. The number of thiocarbonyl (C=S) groups is 1. The van der Waals surface area contributed by atoms with Crippen molar-refractivity contribution in [1.82, 2.24) is 14.9 Å². The van der Waals surface area contributed by atoms with E-state index in [1.54, 1.807) is 24.4 Å². The van der Waals surface area contributed by atoms with Gasteiger partial charge in [-0.1, -0.05) is 17.7 Å². The van der Waals surface area contributed by atoms with Gasteiger partial charge in [0.1, 0.15) is 5.75 Å². The summed E-state index contributed by atoms with van der Waals surface area (Å²) in [6, 6.07) is 13.1. The molecular formula is C23H25ClN4OS. The molecule has 0 spiro atoms. The molecule has 3 aromatic rings. The molecule has 1 aromatic carbocycles. The number of phenols is 1. The van der Waals surface area contributed by atoms with Crippen molar-refractivity contribution < 1.29 is 5.11 Å². The Balaban J connectivity index is 1.93. The maximum atomic E-state index is 10.6. The molecule has 2 N–H and O–H groups in total. The summed E-state index contributed by atoms with van der Waals surface area (Å²) in [5, 5.41) is 15.1. The number of aromatic hydroxyl groups is 1. The Bertz CT molecular complexity index is 1100. The number of aryl methyl sites for hydroxylation is 1. The van der Waals surface area contributed by atoms with E-state index < -0.39 is 0 Å².